The van der Waals surface area contributed by atoms with Crippen LogP contribution in [0.5, 0.6) is 0 Å². The van der Waals surface area contributed by atoms with E-state index in [1.165, 1.54) is 6.21 Å². The second-order valence-corrected chi connectivity index (χ2v) is 5.93. The van der Waals surface area contributed by atoms with E-state index in [2.05, 4.69) is 10.5 Å². The van der Waals surface area contributed by atoms with Crippen LogP contribution in [0.25, 0.3) is 0 Å². The number of nitrogens with zero attached hydrogens (tertiary/aromatic N) is 1. The molecule has 1 N–H and O–H groups in total. The van der Waals surface area contributed by atoms with Crippen LogP contribution in [-0.2, 0) is 9.63 Å². The van der Waals surface area contributed by atoms with E-state index in [4.69, 9.17) is 39.6 Å². The van der Waals surface area contributed by atoms with Gasteiger partial charge in [-0.3, -0.25) is 4.79 Å². The lowest BCUT2D eigenvalue weighted by molar-refractivity contribution is -0.126. The van der Waals surface area contributed by atoms with Crippen molar-refractivity contribution in [2.45, 2.75) is 13.0 Å². The molecular formula is C16H13Cl3N2O2. The molecule has 23 heavy (non-hydrogen) atoms. The number of halogens is 3. The normalized spacial score (nSPS) is 12.2. The predicted octanol–water partition coefficient (Wildman–Crippen LogP) is 5.02. The van der Waals surface area contributed by atoms with Gasteiger partial charge in [0.15, 0.2) is 0 Å². The Morgan fingerprint density at radius 2 is 1.78 bits per heavy atom. The Kier molecular flexibility index (Phi) is 6.28. The van der Waals surface area contributed by atoms with Crippen LogP contribution < -0.4 is 5.32 Å². The molecule has 0 aliphatic heterocycles. The van der Waals surface area contributed by atoms with E-state index in [1.54, 1.807) is 49.4 Å². The number of anilines is 1. The summed E-state index contributed by atoms with van der Waals surface area (Å²) in [4.78, 5) is 17.2. The molecule has 2 aromatic rings. The first-order valence-electron chi connectivity index (χ1n) is 6.66. The average Bonchev–Trinajstić information content (AvgIpc) is 2.52. The molecule has 0 unspecified atom stereocenters. The van der Waals surface area contributed by atoms with E-state index >= 15 is 0 Å². The lowest BCUT2D eigenvalue weighted by Crippen LogP contribution is -2.26. The minimum atomic E-state index is -0.798. The van der Waals surface area contributed by atoms with E-state index < -0.39 is 6.10 Å². The van der Waals surface area contributed by atoms with E-state index in [1.807, 2.05) is 0 Å². The summed E-state index contributed by atoms with van der Waals surface area (Å²) in [7, 11) is 0. The van der Waals surface area contributed by atoms with E-state index in [9.17, 15) is 4.79 Å². The molecule has 7 heteroatoms. The molecule has 0 heterocycles. The Morgan fingerprint density at radius 3 is 2.48 bits per heavy atom. The first-order valence-corrected chi connectivity index (χ1v) is 7.80. The zero-order valence-electron chi connectivity index (χ0n) is 12.1. The molecule has 0 radical (unpaired) electrons. The van der Waals surface area contributed by atoms with Crippen LogP contribution >= 0.6 is 34.8 Å². The molecule has 1 atom stereocenters. The SMILES string of the molecule is C[C@@H](O/N=C\c1ccc(Cl)cc1)C(=O)Nc1cc(Cl)ccc1Cl. The van der Waals surface area contributed by atoms with Gasteiger partial charge in [0, 0.05) is 10.0 Å². The summed E-state index contributed by atoms with van der Waals surface area (Å²) in [5, 5.41) is 7.91. The highest BCUT2D eigenvalue weighted by atomic mass is 35.5. The van der Waals surface area contributed by atoms with Crippen LogP contribution in [-0.4, -0.2) is 18.2 Å². The van der Waals surface area contributed by atoms with Gasteiger partial charge >= 0.3 is 0 Å². The monoisotopic (exact) mass is 370 g/mol. The minimum Gasteiger partial charge on any atom is -0.383 e. The number of oxime groups is 1. The number of hydrogen-bond donors (Lipinski definition) is 1. The molecule has 0 aromatic heterocycles. The molecule has 120 valence electrons. The van der Waals surface area contributed by atoms with Crippen molar-refractivity contribution in [1.82, 2.24) is 0 Å². The molecule has 0 spiro atoms. The highest BCUT2D eigenvalue weighted by Crippen LogP contribution is 2.25. The van der Waals surface area contributed by atoms with Gasteiger partial charge in [0.1, 0.15) is 0 Å². The molecular weight excluding hydrogens is 359 g/mol. The molecule has 0 saturated heterocycles. The van der Waals surface area contributed by atoms with E-state index in [-0.39, 0.29) is 5.91 Å². The number of carbonyl (C=O) groups excluding carboxylic acids is 1. The van der Waals surface area contributed by atoms with Crippen LogP contribution in [0.3, 0.4) is 0 Å². The highest BCUT2D eigenvalue weighted by molar-refractivity contribution is 6.35. The third-order valence-electron chi connectivity index (χ3n) is 2.85. The molecule has 4 nitrogen and oxygen atoms in total. The van der Waals surface area contributed by atoms with Crippen LogP contribution in [0, 0.1) is 0 Å². The summed E-state index contributed by atoms with van der Waals surface area (Å²) >= 11 is 17.6. The van der Waals surface area contributed by atoms with Gasteiger partial charge in [0.2, 0.25) is 6.10 Å². The molecule has 1 amide bonds. The first kappa shape index (κ1) is 17.6. The van der Waals surface area contributed by atoms with Gasteiger partial charge in [0.25, 0.3) is 5.91 Å². The van der Waals surface area contributed by atoms with Crippen LogP contribution in [0.1, 0.15) is 12.5 Å². The Hall–Kier alpha value is -1.75. The fourth-order valence-corrected chi connectivity index (χ4v) is 2.07. The molecule has 0 fully saturated rings. The Balaban J connectivity index is 1.92. The molecule has 0 saturated carbocycles. The van der Waals surface area contributed by atoms with Gasteiger partial charge < -0.3 is 10.2 Å². The van der Waals surface area contributed by atoms with Gasteiger partial charge in [-0.15, -0.1) is 0 Å². The predicted molar refractivity (Wildman–Crippen MR) is 94.7 cm³/mol. The second-order valence-electron chi connectivity index (χ2n) is 4.65. The fraction of sp³-hybridized carbons (Fsp3) is 0.125. The third kappa shape index (κ3) is 5.43. The number of carbonyl (C=O) groups is 1. The molecule has 2 aromatic carbocycles. The summed E-state index contributed by atoms with van der Waals surface area (Å²) in [5.41, 5.74) is 1.22. The second kappa shape index (κ2) is 8.20. The summed E-state index contributed by atoms with van der Waals surface area (Å²) in [6, 6.07) is 11.8. The summed E-state index contributed by atoms with van der Waals surface area (Å²) in [5.74, 6) is -0.387. The quantitative estimate of drug-likeness (QED) is 0.592. The number of hydrogen-bond acceptors (Lipinski definition) is 3. The van der Waals surface area contributed by atoms with Gasteiger partial charge in [0.05, 0.1) is 16.9 Å². The maximum absolute atomic E-state index is 12.0. The van der Waals surface area contributed by atoms with Crippen LogP contribution in [0.15, 0.2) is 47.6 Å². The van der Waals surface area contributed by atoms with Gasteiger partial charge in [-0.05, 0) is 42.8 Å². The number of benzene rings is 2. The summed E-state index contributed by atoms with van der Waals surface area (Å²) in [6.07, 6.45) is 0.695. The van der Waals surface area contributed by atoms with Crippen molar-refractivity contribution in [3.8, 4) is 0 Å². The van der Waals surface area contributed by atoms with Gasteiger partial charge in [-0.2, -0.15) is 0 Å². The minimum absolute atomic E-state index is 0.387. The highest BCUT2D eigenvalue weighted by Gasteiger charge is 2.15. The van der Waals surface area contributed by atoms with E-state index in [0.717, 1.165) is 5.56 Å². The fourth-order valence-electron chi connectivity index (χ4n) is 1.61. The van der Waals surface area contributed by atoms with Crippen molar-refractivity contribution in [1.29, 1.82) is 0 Å². The number of rotatable bonds is 5. The van der Waals surface area contributed by atoms with Crippen molar-refractivity contribution in [3.05, 3.63) is 63.1 Å². The Bertz CT molecular complexity index is 718. The number of amides is 1. The topological polar surface area (TPSA) is 50.7 Å². The third-order valence-corrected chi connectivity index (χ3v) is 3.66. The maximum Gasteiger partial charge on any atom is 0.268 e. The first-order chi connectivity index (χ1) is 11.0. The van der Waals surface area contributed by atoms with E-state index in [0.29, 0.717) is 20.8 Å². The molecule has 0 aliphatic carbocycles. The summed E-state index contributed by atoms with van der Waals surface area (Å²) < 4.78 is 0. The van der Waals surface area contributed by atoms with Crippen molar-refractivity contribution in [2.24, 2.45) is 5.16 Å². The molecule has 0 aliphatic rings. The zero-order chi connectivity index (χ0) is 16.8. The smallest absolute Gasteiger partial charge is 0.268 e. The lowest BCUT2D eigenvalue weighted by Gasteiger charge is -2.11. The van der Waals surface area contributed by atoms with Crippen LogP contribution in [0.4, 0.5) is 5.69 Å². The average molecular weight is 372 g/mol. The van der Waals surface area contributed by atoms with Crippen molar-refractivity contribution in [3.63, 3.8) is 0 Å². The largest absolute Gasteiger partial charge is 0.383 e. The molecule has 0 bridgehead atoms. The van der Waals surface area contributed by atoms with Gasteiger partial charge in [-0.25, -0.2) is 0 Å². The maximum atomic E-state index is 12.0. The zero-order valence-corrected chi connectivity index (χ0v) is 14.4. The molecule has 2 rings (SSSR count). The number of nitrogens with one attached hydrogen (secondary N) is 1. The Morgan fingerprint density at radius 1 is 1.13 bits per heavy atom. The van der Waals surface area contributed by atoms with Gasteiger partial charge in [-0.1, -0.05) is 52.1 Å². The standard InChI is InChI=1S/C16H13Cl3N2O2/c1-10(23-20-9-11-2-4-12(17)5-3-11)16(22)21-15-8-13(18)6-7-14(15)19/h2-10H,1H3,(H,21,22)/b20-9-/t10-/m1/s1. The lowest BCUT2D eigenvalue weighted by atomic mass is 10.2. The Labute approximate surface area is 149 Å². The van der Waals surface area contributed by atoms with Crippen LogP contribution in [0.2, 0.25) is 15.1 Å². The van der Waals surface area contributed by atoms with Crippen molar-refractivity contribution >= 4 is 52.6 Å². The van der Waals surface area contributed by atoms with Crippen molar-refractivity contribution in [2.75, 3.05) is 5.32 Å². The summed E-state index contributed by atoms with van der Waals surface area (Å²) in [6.45, 7) is 1.58. The van der Waals surface area contributed by atoms with Crippen molar-refractivity contribution < 1.29 is 9.63 Å².